The molecule has 0 aliphatic heterocycles. The number of rotatable bonds is 7. The predicted molar refractivity (Wildman–Crippen MR) is 104 cm³/mol. The number of hydrogen-bond donors (Lipinski definition) is 1. The number of methoxy groups -OCH3 is 1. The van der Waals surface area contributed by atoms with E-state index in [9.17, 15) is 26.8 Å². The van der Waals surface area contributed by atoms with Crippen molar-refractivity contribution in [1.29, 1.82) is 0 Å². The Labute approximate surface area is 172 Å². The van der Waals surface area contributed by atoms with Crippen molar-refractivity contribution >= 4 is 27.6 Å². The lowest BCUT2D eigenvalue weighted by Gasteiger charge is -2.17. The smallest absolute Gasteiger partial charge is 0.338 e. The van der Waals surface area contributed by atoms with Gasteiger partial charge in [-0.2, -0.15) is 0 Å². The van der Waals surface area contributed by atoms with E-state index < -0.39 is 45.3 Å². The molecule has 0 aromatic heterocycles. The first-order valence-electron chi connectivity index (χ1n) is 8.54. The number of anilines is 1. The quantitative estimate of drug-likeness (QED) is 0.661. The highest BCUT2D eigenvalue weighted by Gasteiger charge is 2.26. The molecule has 162 valence electrons. The molecule has 2 rings (SSSR count). The fourth-order valence-electron chi connectivity index (χ4n) is 2.31. The molecule has 1 unspecified atom stereocenters. The summed E-state index contributed by atoms with van der Waals surface area (Å²) < 4.78 is 62.8. The molecule has 30 heavy (non-hydrogen) atoms. The molecule has 0 bridgehead atoms. The van der Waals surface area contributed by atoms with Crippen LogP contribution in [0.5, 0.6) is 5.75 Å². The summed E-state index contributed by atoms with van der Waals surface area (Å²) in [5.41, 5.74) is -0.556. The van der Waals surface area contributed by atoms with Gasteiger partial charge < -0.3 is 14.8 Å². The number of ether oxygens (including phenoxy) is 2. The number of carbonyl (C=O) groups is 2. The average molecular weight is 442 g/mol. The first-order chi connectivity index (χ1) is 14.0. The summed E-state index contributed by atoms with van der Waals surface area (Å²) in [6.07, 6.45) is -1.38. The molecule has 1 N–H and O–H groups in total. The van der Waals surface area contributed by atoms with E-state index in [0.29, 0.717) is 0 Å². The summed E-state index contributed by atoms with van der Waals surface area (Å²) in [6, 6.07) is 6.12. The van der Waals surface area contributed by atoms with Crippen molar-refractivity contribution in [2.24, 2.45) is 0 Å². The Morgan fingerprint density at radius 1 is 1.10 bits per heavy atom. The minimum absolute atomic E-state index is 0.0209. The zero-order valence-electron chi connectivity index (χ0n) is 16.6. The molecule has 0 fully saturated rings. The Morgan fingerprint density at radius 2 is 1.77 bits per heavy atom. The molecule has 1 atom stereocenters. The fraction of sp³-hybridized carbons (Fsp3) is 0.263. The van der Waals surface area contributed by atoms with Crippen molar-refractivity contribution in [1.82, 2.24) is 4.31 Å². The van der Waals surface area contributed by atoms with Gasteiger partial charge in [0.1, 0.15) is 22.3 Å². The van der Waals surface area contributed by atoms with E-state index in [1.807, 2.05) is 0 Å². The van der Waals surface area contributed by atoms with E-state index in [1.54, 1.807) is 0 Å². The number of nitrogens with zero attached hydrogens (tertiary/aromatic N) is 1. The number of sulfonamides is 1. The van der Waals surface area contributed by atoms with Gasteiger partial charge in [0.2, 0.25) is 10.0 Å². The van der Waals surface area contributed by atoms with Crippen molar-refractivity contribution in [3.05, 3.63) is 53.6 Å². The highest BCUT2D eigenvalue weighted by atomic mass is 32.2. The van der Waals surface area contributed by atoms with Crippen molar-refractivity contribution in [2.75, 3.05) is 26.5 Å². The van der Waals surface area contributed by atoms with Crippen LogP contribution in [0.4, 0.5) is 14.5 Å². The second-order valence-corrected chi connectivity index (χ2v) is 8.43. The number of hydrogen-bond acceptors (Lipinski definition) is 6. The molecule has 0 spiro atoms. The van der Waals surface area contributed by atoms with Gasteiger partial charge in [-0.15, -0.1) is 0 Å². The molecule has 8 nitrogen and oxygen atoms in total. The molecular formula is C19H20F2N2O6S. The maximum Gasteiger partial charge on any atom is 0.338 e. The van der Waals surface area contributed by atoms with E-state index in [2.05, 4.69) is 5.32 Å². The second-order valence-electron chi connectivity index (χ2n) is 6.31. The Morgan fingerprint density at radius 3 is 2.37 bits per heavy atom. The summed E-state index contributed by atoms with van der Waals surface area (Å²) in [5.74, 6) is -3.49. The van der Waals surface area contributed by atoms with E-state index in [-0.39, 0.29) is 16.2 Å². The Balaban J connectivity index is 2.21. The standard InChI is InChI=1S/C19H20F2N2O6S/c1-11(18(24)22-15-10-13(20)6-7-14(15)21)29-19(25)12-5-8-16(28-4)17(9-12)30(26,27)23(2)3/h5-11H,1-4H3,(H,22,24). The SMILES string of the molecule is COc1ccc(C(=O)OC(C)C(=O)Nc2cc(F)ccc2F)cc1S(=O)(=O)N(C)C. The van der Waals surface area contributed by atoms with Gasteiger partial charge in [0, 0.05) is 20.2 Å². The third-order valence-electron chi connectivity index (χ3n) is 4.00. The summed E-state index contributed by atoms with van der Waals surface area (Å²) >= 11 is 0. The Bertz CT molecular complexity index is 1070. The Hall–Kier alpha value is -3.05. The normalized spacial score (nSPS) is 12.4. The summed E-state index contributed by atoms with van der Waals surface area (Å²) in [5, 5.41) is 2.12. The van der Waals surface area contributed by atoms with Crippen LogP contribution in [0, 0.1) is 11.6 Å². The van der Waals surface area contributed by atoms with Gasteiger partial charge in [0.15, 0.2) is 6.10 Å². The van der Waals surface area contributed by atoms with Crippen LogP contribution in [0.1, 0.15) is 17.3 Å². The van der Waals surface area contributed by atoms with Crippen LogP contribution in [-0.2, 0) is 19.6 Å². The zero-order valence-corrected chi connectivity index (χ0v) is 17.4. The minimum atomic E-state index is -3.93. The van der Waals surface area contributed by atoms with Crippen LogP contribution >= 0.6 is 0 Å². The first kappa shape index (κ1) is 23.2. The number of benzene rings is 2. The number of nitrogens with one attached hydrogen (secondary N) is 1. The topological polar surface area (TPSA) is 102 Å². The number of esters is 1. The summed E-state index contributed by atoms with van der Waals surface area (Å²) in [4.78, 5) is 24.3. The molecule has 0 heterocycles. The fourth-order valence-corrected chi connectivity index (χ4v) is 3.39. The number of halogens is 2. The van der Waals surface area contributed by atoms with Crippen LogP contribution in [0.3, 0.4) is 0 Å². The third-order valence-corrected chi connectivity index (χ3v) is 5.83. The van der Waals surface area contributed by atoms with Gasteiger partial charge >= 0.3 is 5.97 Å². The Kier molecular flexibility index (Phi) is 7.11. The van der Waals surface area contributed by atoms with E-state index >= 15 is 0 Å². The van der Waals surface area contributed by atoms with Crippen LogP contribution in [0.2, 0.25) is 0 Å². The van der Waals surface area contributed by atoms with E-state index in [1.165, 1.54) is 40.3 Å². The zero-order chi connectivity index (χ0) is 22.6. The molecular weight excluding hydrogens is 422 g/mol. The second kappa shape index (κ2) is 9.18. The molecule has 0 saturated heterocycles. The van der Waals surface area contributed by atoms with Gasteiger partial charge in [-0.25, -0.2) is 26.3 Å². The largest absolute Gasteiger partial charge is 0.495 e. The lowest BCUT2D eigenvalue weighted by Crippen LogP contribution is -2.30. The lowest BCUT2D eigenvalue weighted by molar-refractivity contribution is -0.123. The van der Waals surface area contributed by atoms with Crippen LogP contribution in [-0.4, -0.2) is 51.9 Å². The van der Waals surface area contributed by atoms with Crippen molar-refractivity contribution < 1.29 is 36.3 Å². The summed E-state index contributed by atoms with van der Waals surface area (Å²) in [7, 11) is -0.0138. The van der Waals surface area contributed by atoms with Gasteiger partial charge in [-0.1, -0.05) is 0 Å². The van der Waals surface area contributed by atoms with E-state index in [0.717, 1.165) is 28.6 Å². The third kappa shape index (κ3) is 5.10. The molecule has 0 aliphatic carbocycles. The van der Waals surface area contributed by atoms with Crippen LogP contribution < -0.4 is 10.1 Å². The molecule has 2 aromatic carbocycles. The highest BCUT2D eigenvalue weighted by Crippen LogP contribution is 2.27. The monoisotopic (exact) mass is 442 g/mol. The van der Waals surface area contributed by atoms with Gasteiger partial charge in [0.25, 0.3) is 5.91 Å². The molecule has 0 radical (unpaired) electrons. The minimum Gasteiger partial charge on any atom is -0.495 e. The molecule has 0 saturated carbocycles. The predicted octanol–water partition coefficient (Wildman–Crippen LogP) is 2.41. The van der Waals surface area contributed by atoms with Crippen LogP contribution in [0.15, 0.2) is 41.3 Å². The van der Waals surface area contributed by atoms with E-state index in [4.69, 9.17) is 9.47 Å². The van der Waals surface area contributed by atoms with Gasteiger partial charge in [0.05, 0.1) is 18.4 Å². The number of amides is 1. The number of carbonyl (C=O) groups excluding carboxylic acids is 2. The van der Waals surface area contributed by atoms with Gasteiger partial charge in [-0.3, -0.25) is 4.79 Å². The molecule has 1 amide bonds. The molecule has 0 aliphatic rings. The lowest BCUT2D eigenvalue weighted by atomic mass is 10.2. The average Bonchev–Trinajstić information content (AvgIpc) is 2.69. The van der Waals surface area contributed by atoms with Crippen LogP contribution in [0.25, 0.3) is 0 Å². The van der Waals surface area contributed by atoms with Crippen molar-refractivity contribution in [3.8, 4) is 5.75 Å². The first-order valence-corrected chi connectivity index (χ1v) is 9.99. The maximum atomic E-state index is 13.7. The summed E-state index contributed by atoms with van der Waals surface area (Å²) in [6.45, 7) is 1.23. The van der Waals surface area contributed by atoms with Gasteiger partial charge in [-0.05, 0) is 37.3 Å². The molecule has 2 aromatic rings. The highest BCUT2D eigenvalue weighted by molar-refractivity contribution is 7.89. The van der Waals surface area contributed by atoms with Crippen molar-refractivity contribution in [2.45, 2.75) is 17.9 Å². The maximum absolute atomic E-state index is 13.7. The molecule has 11 heteroatoms. The van der Waals surface area contributed by atoms with Crippen molar-refractivity contribution in [3.63, 3.8) is 0 Å².